The lowest BCUT2D eigenvalue weighted by atomic mass is 9.92. The molecule has 0 bridgehead atoms. The van der Waals surface area contributed by atoms with E-state index < -0.39 is 30.0 Å². The van der Waals surface area contributed by atoms with E-state index in [0.717, 1.165) is 12.0 Å². The molecule has 1 aromatic carbocycles. The molecule has 3 N–H and O–H groups in total. The van der Waals surface area contributed by atoms with Gasteiger partial charge >= 0.3 is 6.09 Å². The van der Waals surface area contributed by atoms with Crippen LogP contribution in [-0.2, 0) is 11.3 Å². The number of nitrogens with one attached hydrogen (secondary N) is 1. The summed E-state index contributed by atoms with van der Waals surface area (Å²) in [6, 6.07) is 7.13. The highest BCUT2D eigenvalue weighted by Crippen LogP contribution is 2.33. The summed E-state index contributed by atoms with van der Waals surface area (Å²) in [5, 5.41) is 2.27. The number of benzene rings is 1. The molecule has 0 saturated heterocycles. The van der Waals surface area contributed by atoms with Crippen LogP contribution >= 0.6 is 12.4 Å². The van der Waals surface area contributed by atoms with Gasteiger partial charge in [0.2, 0.25) is 0 Å². The first-order valence-electron chi connectivity index (χ1n) is 9.69. The standard InChI is InChI=1S/C14H17F2NO2.C6H11F2N.ClH/c15-14(16)9-5-4-8-12(14)17-13(18)19-10-11-6-2-1-3-7-11;7-6(8)4-2-1-3-5(6)9;/h1-3,6-7,12H,4-5,8-10H2,(H,17,18);5H,1-4,9H2;1H. The third-order valence-electron chi connectivity index (χ3n) is 5.09. The summed E-state index contributed by atoms with van der Waals surface area (Å²) >= 11 is 0. The number of carbonyl (C=O) groups is 1. The van der Waals surface area contributed by atoms with Crippen molar-refractivity contribution in [2.45, 2.75) is 81.9 Å². The van der Waals surface area contributed by atoms with Gasteiger partial charge in [0.05, 0.1) is 12.1 Å². The molecule has 0 aromatic heterocycles. The minimum absolute atomic E-state index is 0. The summed E-state index contributed by atoms with van der Waals surface area (Å²) in [5.74, 6) is -5.41. The van der Waals surface area contributed by atoms with Crippen LogP contribution in [0.25, 0.3) is 0 Å². The fraction of sp³-hybridized carbons (Fsp3) is 0.650. The van der Waals surface area contributed by atoms with Crippen molar-refractivity contribution in [1.82, 2.24) is 5.32 Å². The third-order valence-corrected chi connectivity index (χ3v) is 5.09. The van der Waals surface area contributed by atoms with E-state index in [1.165, 1.54) is 0 Å². The number of ether oxygens (including phenoxy) is 1. The SMILES string of the molecule is Cl.NC1CCCCC1(F)F.O=C(NC1CCCCC1(F)F)OCc1ccccc1. The fourth-order valence-electron chi connectivity index (χ4n) is 3.30. The Hall–Kier alpha value is -1.54. The quantitative estimate of drug-likeness (QED) is 0.615. The molecule has 2 atom stereocenters. The van der Waals surface area contributed by atoms with E-state index in [9.17, 15) is 22.4 Å². The molecular weight excluding hydrogens is 412 g/mol. The van der Waals surface area contributed by atoms with Gasteiger partial charge in [-0.2, -0.15) is 0 Å². The molecule has 2 unspecified atom stereocenters. The van der Waals surface area contributed by atoms with Crippen molar-refractivity contribution in [3.05, 3.63) is 35.9 Å². The van der Waals surface area contributed by atoms with E-state index in [2.05, 4.69) is 5.32 Å². The van der Waals surface area contributed by atoms with Gasteiger partial charge in [0, 0.05) is 12.8 Å². The number of halogens is 5. The molecule has 2 fully saturated rings. The van der Waals surface area contributed by atoms with Crippen molar-refractivity contribution in [2.24, 2.45) is 5.73 Å². The van der Waals surface area contributed by atoms with Crippen LogP contribution < -0.4 is 11.1 Å². The van der Waals surface area contributed by atoms with Crippen LogP contribution in [0.15, 0.2) is 30.3 Å². The molecule has 2 aliphatic rings. The van der Waals surface area contributed by atoms with Gasteiger partial charge in [0.15, 0.2) is 0 Å². The number of carbonyl (C=O) groups excluding carboxylic acids is 1. The highest BCUT2D eigenvalue weighted by atomic mass is 35.5. The molecule has 2 saturated carbocycles. The summed E-state index contributed by atoms with van der Waals surface area (Å²) in [7, 11) is 0. The van der Waals surface area contributed by atoms with Gasteiger partial charge in [-0.05, 0) is 31.2 Å². The van der Waals surface area contributed by atoms with Gasteiger partial charge < -0.3 is 15.8 Å². The zero-order valence-corrected chi connectivity index (χ0v) is 17.0. The third kappa shape index (κ3) is 8.38. The molecule has 0 heterocycles. The van der Waals surface area contributed by atoms with Crippen LogP contribution in [0.1, 0.15) is 56.9 Å². The van der Waals surface area contributed by atoms with Gasteiger partial charge in [-0.1, -0.05) is 43.2 Å². The number of nitrogens with two attached hydrogens (primary N) is 1. The summed E-state index contributed by atoms with van der Waals surface area (Å²) in [5.41, 5.74) is 5.99. The van der Waals surface area contributed by atoms with Gasteiger partial charge in [0.1, 0.15) is 6.61 Å². The Labute approximate surface area is 175 Å². The highest BCUT2D eigenvalue weighted by Gasteiger charge is 2.42. The Balaban J connectivity index is 0.000000355. The van der Waals surface area contributed by atoms with E-state index in [1.54, 1.807) is 0 Å². The van der Waals surface area contributed by atoms with E-state index in [4.69, 9.17) is 10.5 Å². The second-order valence-electron chi connectivity index (χ2n) is 7.38. The molecule has 4 nitrogen and oxygen atoms in total. The molecule has 166 valence electrons. The number of amides is 1. The lowest BCUT2D eigenvalue weighted by molar-refractivity contribution is -0.0626. The second-order valence-corrected chi connectivity index (χ2v) is 7.38. The monoisotopic (exact) mass is 440 g/mol. The molecule has 2 aliphatic carbocycles. The lowest BCUT2D eigenvalue weighted by Gasteiger charge is -2.31. The Morgan fingerprint density at radius 3 is 2.10 bits per heavy atom. The number of alkyl carbamates (subject to hydrolysis) is 1. The zero-order chi connectivity index (χ0) is 20.6. The van der Waals surface area contributed by atoms with Crippen molar-refractivity contribution in [1.29, 1.82) is 0 Å². The van der Waals surface area contributed by atoms with Gasteiger partial charge in [0.25, 0.3) is 11.8 Å². The van der Waals surface area contributed by atoms with Crippen LogP contribution in [-0.4, -0.2) is 30.0 Å². The average Bonchev–Trinajstić information content (AvgIpc) is 2.65. The maximum atomic E-state index is 13.5. The minimum Gasteiger partial charge on any atom is -0.445 e. The molecule has 1 aromatic rings. The van der Waals surface area contributed by atoms with Crippen molar-refractivity contribution in [3.63, 3.8) is 0 Å². The van der Waals surface area contributed by atoms with Crippen LogP contribution in [0, 0.1) is 0 Å². The fourth-order valence-corrected chi connectivity index (χ4v) is 3.30. The molecule has 9 heteroatoms. The number of alkyl halides is 4. The summed E-state index contributed by atoms with van der Waals surface area (Å²) < 4.78 is 56.9. The van der Waals surface area contributed by atoms with Crippen molar-refractivity contribution in [3.8, 4) is 0 Å². The molecular formula is C20H29ClF4N2O2. The van der Waals surface area contributed by atoms with Crippen molar-refractivity contribution < 1.29 is 27.1 Å². The molecule has 0 aliphatic heterocycles. The second kappa shape index (κ2) is 11.6. The van der Waals surface area contributed by atoms with E-state index in [0.29, 0.717) is 32.1 Å². The summed E-state index contributed by atoms with van der Waals surface area (Å²) in [6.07, 6.45) is 2.50. The minimum atomic E-state index is -2.83. The molecule has 29 heavy (non-hydrogen) atoms. The van der Waals surface area contributed by atoms with Gasteiger partial charge in [-0.3, -0.25) is 0 Å². The summed E-state index contributed by atoms with van der Waals surface area (Å²) in [6.45, 7) is 0.0883. The van der Waals surface area contributed by atoms with Crippen LogP contribution in [0.5, 0.6) is 0 Å². The molecule has 3 rings (SSSR count). The van der Waals surface area contributed by atoms with Gasteiger partial charge in [-0.15, -0.1) is 12.4 Å². The predicted octanol–water partition coefficient (Wildman–Crippen LogP) is 5.44. The Morgan fingerprint density at radius 1 is 1.00 bits per heavy atom. The Morgan fingerprint density at radius 2 is 1.59 bits per heavy atom. The van der Waals surface area contributed by atoms with E-state index >= 15 is 0 Å². The average molecular weight is 441 g/mol. The van der Waals surface area contributed by atoms with Crippen LogP contribution in [0.2, 0.25) is 0 Å². The summed E-state index contributed by atoms with van der Waals surface area (Å²) in [4.78, 5) is 11.5. The van der Waals surface area contributed by atoms with Crippen LogP contribution in [0.3, 0.4) is 0 Å². The first-order valence-corrected chi connectivity index (χ1v) is 9.69. The Kier molecular flexibility index (Phi) is 10.2. The smallest absolute Gasteiger partial charge is 0.407 e. The zero-order valence-electron chi connectivity index (χ0n) is 16.2. The normalized spacial score (nSPS) is 24.9. The topological polar surface area (TPSA) is 64.4 Å². The number of hydrogen-bond acceptors (Lipinski definition) is 3. The lowest BCUT2D eigenvalue weighted by Crippen LogP contribution is -2.49. The highest BCUT2D eigenvalue weighted by molar-refractivity contribution is 5.85. The first kappa shape index (κ1) is 25.5. The maximum Gasteiger partial charge on any atom is 0.407 e. The molecule has 0 spiro atoms. The van der Waals surface area contributed by atoms with Crippen molar-refractivity contribution in [2.75, 3.05) is 0 Å². The predicted molar refractivity (Wildman–Crippen MR) is 106 cm³/mol. The largest absolute Gasteiger partial charge is 0.445 e. The number of hydrogen-bond donors (Lipinski definition) is 2. The van der Waals surface area contributed by atoms with Crippen LogP contribution in [0.4, 0.5) is 22.4 Å². The molecule has 1 amide bonds. The first-order chi connectivity index (χ1) is 13.2. The maximum absolute atomic E-state index is 13.5. The van der Waals surface area contributed by atoms with Gasteiger partial charge in [-0.25, -0.2) is 22.4 Å². The molecule has 0 radical (unpaired) electrons. The Bertz CT molecular complexity index is 620. The number of rotatable bonds is 3. The van der Waals surface area contributed by atoms with E-state index in [-0.39, 0.29) is 31.9 Å². The van der Waals surface area contributed by atoms with E-state index in [1.807, 2.05) is 30.3 Å². The van der Waals surface area contributed by atoms with Crippen molar-refractivity contribution >= 4 is 18.5 Å².